The Balaban J connectivity index is 1.69. The lowest BCUT2D eigenvalue weighted by molar-refractivity contribution is -0.118. The molecule has 2 N–H and O–H groups in total. The lowest BCUT2D eigenvalue weighted by Gasteiger charge is -2.23. The van der Waals surface area contributed by atoms with E-state index < -0.39 is 0 Å². The molecule has 0 aliphatic carbocycles. The normalized spacial score (nSPS) is 10.3. The predicted molar refractivity (Wildman–Crippen MR) is 121 cm³/mol. The van der Waals surface area contributed by atoms with Gasteiger partial charge >= 0.3 is 6.03 Å². The van der Waals surface area contributed by atoms with E-state index >= 15 is 0 Å². The van der Waals surface area contributed by atoms with Crippen LogP contribution in [0.15, 0.2) is 84.9 Å². The number of aryl methyl sites for hydroxylation is 1. The molecule has 0 spiro atoms. The van der Waals surface area contributed by atoms with Crippen molar-refractivity contribution in [2.24, 2.45) is 0 Å². The molecule has 0 unspecified atom stereocenters. The van der Waals surface area contributed by atoms with Crippen LogP contribution in [0, 0.1) is 0 Å². The lowest BCUT2D eigenvalue weighted by atomic mass is 10.1. The number of hydrogen-bond acceptors (Lipinski definition) is 2. The second-order valence-electron chi connectivity index (χ2n) is 6.99. The molecular weight excluding hydrogens is 374 g/mol. The van der Waals surface area contributed by atoms with E-state index in [9.17, 15) is 9.59 Å². The molecule has 0 saturated carbocycles. The van der Waals surface area contributed by atoms with Crippen LogP contribution in [0.2, 0.25) is 0 Å². The number of nitrogens with zero attached hydrogens (tertiary/aromatic N) is 1. The average Bonchev–Trinajstić information content (AvgIpc) is 2.80. The Bertz CT molecular complexity index is 941. The molecule has 154 valence electrons. The second kappa shape index (κ2) is 10.8. The van der Waals surface area contributed by atoms with E-state index in [1.54, 1.807) is 11.9 Å². The van der Waals surface area contributed by atoms with E-state index in [1.165, 1.54) is 5.56 Å². The van der Waals surface area contributed by atoms with E-state index in [0.29, 0.717) is 6.42 Å². The number of amides is 3. The van der Waals surface area contributed by atoms with Crippen molar-refractivity contribution in [1.29, 1.82) is 0 Å². The number of rotatable bonds is 8. The molecule has 3 aromatic rings. The number of carbonyl (C=O) groups excluding carboxylic acids is 2. The van der Waals surface area contributed by atoms with Gasteiger partial charge in [0, 0.05) is 19.2 Å². The molecule has 0 heterocycles. The van der Waals surface area contributed by atoms with Gasteiger partial charge in [0.2, 0.25) is 5.91 Å². The average molecular weight is 402 g/mol. The third-order valence-electron chi connectivity index (χ3n) is 4.91. The molecule has 30 heavy (non-hydrogen) atoms. The van der Waals surface area contributed by atoms with Crippen LogP contribution in [0.5, 0.6) is 0 Å². The summed E-state index contributed by atoms with van der Waals surface area (Å²) in [6.45, 7) is 0.120. The van der Waals surface area contributed by atoms with Crippen LogP contribution >= 0.6 is 0 Å². The summed E-state index contributed by atoms with van der Waals surface area (Å²) < 4.78 is 0. The highest BCUT2D eigenvalue weighted by atomic mass is 16.2. The Hall–Kier alpha value is -3.60. The summed E-state index contributed by atoms with van der Waals surface area (Å²) in [5, 5.41) is 5.24. The summed E-state index contributed by atoms with van der Waals surface area (Å²) in [4.78, 5) is 26.2. The molecule has 3 amide bonds. The molecular formula is C25H27N3O2. The maximum absolute atomic E-state index is 12.9. The van der Waals surface area contributed by atoms with Gasteiger partial charge in [0.05, 0.1) is 6.67 Å². The van der Waals surface area contributed by atoms with Crippen LogP contribution in [-0.2, 0) is 11.2 Å². The topological polar surface area (TPSA) is 61.4 Å². The number of nitrogens with one attached hydrogen (secondary N) is 2. The highest BCUT2D eigenvalue weighted by Crippen LogP contribution is 2.23. The van der Waals surface area contributed by atoms with Crippen molar-refractivity contribution in [3.8, 4) is 11.1 Å². The van der Waals surface area contributed by atoms with E-state index in [4.69, 9.17) is 0 Å². The molecule has 5 heteroatoms. The first-order chi connectivity index (χ1) is 14.7. The highest BCUT2D eigenvalue weighted by molar-refractivity contribution is 5.94. The van der Waals surface area contributed by atoms with Crippen LogP contribution < -0.4 is 15.5 Å². The summed E-state index contributed by atoms with van der Waals surface area (Å²) >= 11 is 0. The molecule has 0 saturated heterocycles. The van der Waals surface area contributed by atoms with Gasteiger partial charge in [-0.1, -0.05) is 72.8 Å². The van der Waals surface area contributed by atoms with Crippen molar-refractivity contribution in [3.63, 3.8) is 0 Å². The highest BCUT2D eigenvalue weighted by Gasteiger charge is 2.16. The second-order valence-corrected chi connectivity index (χ2v) is 6.99. The van der Waals surface area contributed by atoms with Crippen LogP contribution in [0.25, 0.3) is 11.1 Å². The van der Waals surface area contributed by atoms with Crippen molar-refractivity contribution in [2.75, 3.05) is 18.6 Å². The minimum absolute atomic E-state index is 0.0187. The molecule has 0 aliphatic heterocycles. The van der Waals surface area contributed by atoms with E-state index in [1.807, 2.05) is 60.7 Å². The minimum atomic E-state index is -0.321. The fraction of sp³-hybridized carbons (Fsp3) is 0.200. The molecule has 0 fully saturated rings. The number of urea groups is 1. The molecule has 3 rings (SSSR count). The molecule has 0 radical (unpaired) electrons. The molecule has 0 atom stereocenters. The van der Waals surface area contributed by atoms with Crippen molar-refractivity contribution in [1.82, 2.24) is 10.6 Å². The van der Waals surface area contributed by atoms with Gasteiger partial charge in [0.15, 0.2) is 0 Å². The van der Waals surface area contributed by atoms with E-state index in [-0.39, 0.29) is 18.6 Å². The monoisotopic (exact) mass is 401 g/mol. The standard InChI is InChI=1S/C25H27N3O2/c1-26-25(30)27-19-28(24(29)14-8-11-20-9-4-2-5-10-20)23-17-15-22(16-18-23)21-12-6-3-7-13-21/h2-7,9-10,12-13,15-18H,8,11,14,19H2,1H3,(H2,26,27,30). The maximum atomic E-state index is 12.9. The Morgan fingerprint density at radius 1 is 0.800 bits per heavy atom. The van der Waals surface area contributed by atoms with E-state index in [2.05, 4.69) is 34.9 Å². The van der Waals surface area contributed by atoms with Crippen LogP contribution in [0.3, 0.4) is 0 Å². The summed E-state index contributed by atoms with van der Waals surface area (Å²) in [6, 6.07) is 27.7. The molecule has 0 bridgehead atoms. The van der Waals surface area contributed by atoms with Gasteiger partial charge in [-0.15, -0.1) is 0 Å². The van der Waals surface area contributed by atoms with Gasteiger partial charge in [-0.25, -0.2) is 4.79 Å². The molecule has 3 aromatic carbocycles. The third kappa shape index (κ3) is 5.95. The first-order valence-corrected chi connectivity index (χ1v) is 10.1. The molecule has 0 aliphatic rings. The Kier molecular flexibility index (Phi) is 7.61. The molecule has 5 nitrogen and oxygen atoms in total. The number of anilines is 1. The largest absolute Gasteiger partial charge is 0.341 e. The van der Waals surface area contributed by atoms with E-state index in [0.717, 1.165) is 29.7 Å². The van der Waals surface area contributed by atoms with Crippen molar-refractivity contribution >= 4 is 17.6 Å². The fourth-order valence-corrected chi connectivity index (χ4v) is 3.25. The van der Waals surface area contributed by atoms with Gasteiger partial charge in [0.1, 0.15) is 0 Å². The summed E-state index contributed by atoms with van der Waals surface area (Å²) in [6.07, 6.45) is 2.00. The zero-order chi connectivity index (χ0) is 21.2. The fourth-order valence-electron chi connectivity index (χ4n) is 3.25. The summed E-state index contributed by atoms with van der Waals surface area (Å²) in [5.74, 6) is -0.0187. The zero-order valence-electron chi connectivity index (χ0n) is 17.2. The SMILES string of the molecule is CNC(=O)NCN(C(=O)CCCc1ccccc1)c1ccc(-c2ccccc2)cc1. The number of benzene rings is 3. The zero-order valence-corrected chi connectivity index (χ0v) is 17.2. The minimum Gasteiger partial charge on any atom is -0.341 e. The number of hydrogen-bond donors (Lipinski definition) is 2. The van der Waals surface area contributed by atoms with Gasteiger partial charge in [-0.3, -0.25) is 9.69 Å². The van der Waals surface area contributed by atoms with Crippen LogP contribution in [0.4, 0.5) is 10.5 Å². The van der Waals surface area contributed by atoms with Crippen molar-refractivity contribution in [2.45, 2.75) is 19.3 Å². The molecule has 0 aromatic heterocycles. The van der Waals surface area contributed by atoms with Gasteiger partial charge in [-0.2, -0.15) is 0 Å². The number of carbonyl (C=O) groups is 2. The van der Waals surface area contributed by atoms with Crippen LogP contribution in [0.1, 0.15) is 18.4 Å². The van der Waals surface area contributed by atoms with Crippen LogP contribution in [-0.4, -0.2) is 25.7 Å². The Morgan fingerprint density at radius 3 is 2.03 bits per heavy atom. The predicted octanol–water partition coefficient (Wildman–Crippen LogP) is 4.60. The van der Waals surface area contributed by atoms with Gasteiger partial charge < -0.3 is 10.6 Å². The quantitative estimate of drug-likeness (QED) is 0.542. The first kappa shape index (κ1) is 21.1. The lowest BCUT2D eigenvalue weighted by Crippen LogP contribution is -2.44. The van der Waals surface area contributed by atoms with Crippen molar-refractivity contribution in [3.05, 3.63) is 90.5 Å². The first-order valence-electron chi connectivity index (χ1n) is 10.1. The Labute approximate surface area is 177 Å². The van der Waals surface area contributed by atoms with Gasteiger partial charge in [-0.05, 0) is 41.7 Å². The maximum Gasteiger partial charge on any atom is 0.315 e. The summed E-state index contributed by atoms with van der Waals surface area (Å²) in [7, 11) is 1.55. The third-order valence-corrected chi connectivity index (χ3v) is 4.91. The Morgan fingerprint density at radius 2 is 1.40 bits per heavy atom. The summed E-state index contributed by atoms with van der Waals surface area (Å²) in [5.41, 5.74) is 4.17. The smallest absolute Gasteiger partial charge is 0.315 e. The van der Waals surface area contributed by atoms with Crippen molar-refractivity contribution < 1.29 is 9.59 Å². The van der Waals surface area contributed by atoms with Gasteiger partial charge in [0.25, 0.3) is 0 Å².